The van der Waals surface area contributed by atoms with Crippen LogP contribution in [-0.2, 0) is 0 Å². The number of hydrogen-bond donors (Lipinski definition) is 1. The van der Waals surface area contributed by atoms with Crippen LogP contribution in [-0.4, -0.2) is 15.9 Å². The summed E-state index contributed by atoms with van der Waals surface area (Å²) in [6.45, 7) is 6.07. The maximum atomic E-state index is 10.7. The number of halogens is 1. The van der Waals surface area contributed by atoms with Gasteiger partial charge in [-0.1, -0.05) is 13.8 Å². The largest absolute Gasteiger partial charge is 0.366 e. The van der Waals surface area contributed by atoms with Gasteiger partial charge in [0, 0.05) is 11.6 Å². The lowest BCUT2D eigenvalue weighted by Gasteiger charge is -2.10. The fourth-order valence-corrected chi connectivity index (χ4v) is 2.15. The third-order valence-corrected chi connectivity index (χ3v) is 4.23. The topological polar surface area (TPSA) is 68.1 Å². The van der Waals surface area contributed by atoms with Crippen molar-refractivity contribution in [2.45, 2.75) is 33.2 Å². The second-order valence-electron chi connectivity index (χ2n) is 5.08. The number of hydrogen-bond acceptors (Lipinski definition) is 4. The first-order valence-electron chi connectivity index (χ1n) is 5.39. The molecule has 1 atom stereocenters. The Bertz CT molecular complexity index is 488. The van der Waals surface area contributed by atoms with Crippen molar-refractivity contribution in [3.8, 4) is 0 Å². The molecule has 1 aliphatic rings. The Balaban J connectivity index is 2.26. The molecule has 6 heteroatoms. The number of pyridine rings is 1. The zero-order valence-corrected chi connectivity index (χ0v) is 11.5. The maximum Gasteiger partial charge on any atom is 0.291 e. The van der Waals surface area contributed by atoms with E-state index in [9.17, 15) is 10.1 Å². The zero-order valence-electron chi connectivity index (χ0n) is 9.95. The molecule has 92 valence electrons. The molecule has 2 rings (SSSR count). The van der Waals surface area contributed by atoms with E-state index in [4.69, 9.17) is 0 Å². The molecule has 0 spiro atoms. The van der Waals surface area contributed by atoms with E-state index in [0.29, 0.717) is 21.9 Å². The second-order valence-corrected chi connectivity index (χ2v) is 5.87. The Morgan fingerprint density at radius 3 is 2.71 bits per heavy atom. The predicted molar refractivity (Wildman–Crippen MR) is 69.1 cm³/mol. The van der Waals surface area contributed by atoms with Crippen LogP contribution in [0, 0.1) is 22.5 Å². The molecule has 5 nitrogen and oxygen atoms in total. The van der Waals surface area contributed by atoms with E-state index >= 15 is 0 Å². The summed E-state index contributed by atoms with van der Waals surface area (Å²) in [7, 11) is 0. The summed E-state index contributed by atoms with van der Waals surface area (Å²) >= 11 is 3.36. The van der Waals surface area contributed by atoms with Crippen LogP contribution in [0.4, 0.5) is 11.5 Å². The third kappa shape index (κ3) is 2.26. The second kappa shape index (κ2) is 3.94. The lowest BCUT2D eigenvalue weighted by atomic mass is 10.2. The highest BCUT2D eigenvalue weighted by Crippen LogP contribution is 2.47. The molecule has 1 aromatic rings. The minimum atomic E-state index is -0.419. The van der Waals surface area contributed by atoms with Crippen LogP contribution in [0.1, 0.15) is 25.8 Å². The van der Waals surface area contributed by atoms with Crippen molar-refractivity contribution in [3.63, 3.8) is 0 Å². The first-order chi connectivity index (χ1) is 7.83. The standard InChI is InChI=1S/C11H14BrN3O2/c1-6-7(15(16)17)5-13-10(9(6)12)14-8-4-11(8,2)3/h5,8H,4H2,1-3H3,(H,13,14). The molecule has 1 fully saturated rings. The van der Waals surface area contributed by atoms with Gasteiger partial charge in [-0.15, -0.1) is 0 Å². The average Bonchev–Trinajstić information content (AvgIpc) is 2.81. The van der Waals surface area contributed by atoms with Gasteiger partial charge in [-0.3, -0.25) is 10.1 Å². The molecule has 1 saturated carbocycles. The van der Waals surface area contributed by atoms with Crippen molar-refractivity contribution >= 4 is 27.4 Å². The van der Waals surface area contributed by atoms with E-state index in [1.165, 1.54) is 6.20 Å². The van der Waals surface area contributed by atoms with Crippen LogP contribution >= 0.6 is 15.9 Å². The van der Waals surface area contributed by atoms with Gasteiger partial charge in [0.05, 0.1) is 9.40 Å². The zero-order chi connectivity index (χ0) is 12.8. The first kappa shape index (κ1) is 12.3. The monoisotopic (exact) mass is 299 g/mol. The van der Waals surface area contributed by atoms with Crippen molar-refractivity contribution in [1.29, 1.82) is 0 Å². The smallest absolute Gasteiger partial charge is 0.291 e. The van der Waals surface area contributed by atoms with Crippen molar-refractivity contribution in [3.05, 3.63) is 26.3 Å². The van der Waals surface area contributed by atoms with E-state index in [1.807, 2.05) is 0 Å². The molecular weight excluding hydrogens is 286 g/mol. The van der Waals surface area contributed by atoms with Crippen molar-refractivity contribution < 1.29 is 4.92 Å². The van der Waals surface area contributed by atoms with Gasteiger partial charge in [0.2, 0.25) is 0 Å². The molecule has 1 N–H and O–H groups in total. The van der Waals surface area contributed by atoms with Crippen LogP contribution < -0.4 is 5.32 Å². The van der Waals surface area contributed by atoms with Gasteiger partial charge in [0.1, 0.15) is 12.0 Å². The van der Waals surface area contributed by atoms with Gasteiger partial charge in [0.15, 0.2) is 0 Å². The molecule has 0 saturated heterocycles. The van der Waals surface area contributed by atoms with Gasteiger partial charge in [-0.25, -0.2) is 4.98 Å². The summed E-state index contributed by atoms with van der Waals surface area (Å²) in [5, 5.41) is 14.0. The summed E-state index contributed by atoms with van der Waals surface area (Å²) in [4.78, 5) is 14.4. The molecule has 1 aromatic heterocycles. The van der Waals surface area contributed by atoms with E-state index in [0.717, 1.165) is 6.42 Å². The average molecular weight is 300 g/mol. The summed E-state index contributed by atoms with van der Waals surface area (Å²) in [6.07, 6.45) is 2.40. The van der Waals surface area contributed by atoms with Gasteiger partial charge < -0.3 is 5.32 Å². The Hall–Kier alpha value is -1.17. The van der Waals surface area contributed by atoms with Crippen LogP contribution in [0.25, 0.3) is 0 Å². The van der Waals surface area contributed by atoms with Crippen LogP contribution in [0.15, 0.2) is 10.7 Å². The maximum absolute atomic E-state index is 10.7. The Kier molecular flexibility index (Phi) is 2.85. The van der Waals surface area contributed by atoms with Crippen LogP contribution in [0.2, 0.25) is 0 Å². The SMILES string of the molecule is Cc1c([N+](=O)[O-])cnc(NC2CC2(C)C)c1Br. The number of nitro groups is 1. The van der Waals surface area contributed by atoms with Gasteiger partial charge in [0.25, 0.3) is 5.69 Å². The van der Waals surface area contributed by atoms with E-state index in [1.54, 1.807) is 6.92 Å². The van der Waals surface area contributed by atoms with Crippen LogP contribution in [0.5, 0.6) is 0 Å². The Labute approximate surface area is 108 Å². The molecule has 0 bridgehead atoms. The van der Waals surface area contributed by atoms with Crippen molar-refractivity contribution in [2.24, 2.45) is 5.41 Å². The number of anilines is 1. The molecule has 0 radical (unpaired) electrons. The lowest BCUT2D eigenvalue weighted by molar-refractivity contribution is -0.385. The Morgan fingerprint density at radius 1 is 1.65 bits per heavy atom. The van der Waals surface area contributed by atoms with Crippen molar-refractivity contribution in [1.82, 2.24) is 4.98 Å². The number of aromatic nitrogens is 1. The molecule has 1 aliphatic carbocycles. The minimum Gasteiger partial charge on any atom is -0.366 e. The molecule has 0 aromatic carbocycles. The highest BCUT2D eigenvalue weighted by Gasteiger charge is 2.46. The number of rotatable bonds is 3. The van der Waals surface area contributed by atoms with E-state index < -0.39 is 4.92 Å². The normalized spacial score (nSPS) is 21.1. The first-order valence-corrected chi connectivity index (χ1v) is 6.18. The molecule has 0 amide bonds. The van der Waals surface area contributed by atoms with Gasteiger partial charge in [-0.05, 0) is 34.7 Å². The fraction of sp³-hybridized carbons (Fsp3) is 0.545. The molecule has 17 heavy (non-hydrogen) atoms. The van der Waals surface area contributed by atoms with Gasteiger partial charge >= 0.3 is 0 Å². The predicted octanol–water partition coefficient (Wildman–Crippen LogP) is 3.27. The molecular formula is C11H14BrN3O2. The number of nitrogens with one attached hydrogen (secondary N) is 1. The summed E-state index contributed by atoms with van der Waals surface area (Å²) in [5.74, 6) is 0.684. The summed E-state index contributed by atoms with van der Waals surface area (Å²) in [6, 6.07) is 0.396. The molecule has 1 unspecified atom stereocenters. The summed E-state index contributed by atoms with van der Waals surface area (Å²) in [5.41, 5.74) is 0.931. The Morgan fingerprint density at radius 2 is 2.24 bits per heavy atom. The van der Waals surface area contributed by atoms with E-state index in [-0.39, 0.29) is 11.1 Å². The van der Waals surface area contributed by atoms with Crippen LogP contribution in [0.3, 0.4) is 0 Å². The van der Waals surface area contributed by atoms with Gasteiger partial charge in [-0.2, -0.15) is 0 Å². The minimum absolute atomic E-state index is 0.0393. The molecule has 1 heterocycles. The third-order valence-electron chi connectivity index (χ3n) is 3.26. The quantitative estimate of drug-likeness (QED) is 0.687. The fourth-order valence-electron chi connectivity index (χ4n) is 1.73. The lowest BCUT2D eigenvalue weighted by Crippen LogP contribution is -2.11. The summed E-state index contributed by atoms with van der Waals surface area (Å²) < 4.78 is 0.675. The number of nitrogens with zero attached hydrogens (tertiary/aromatic N) is 2. The van der Waals surface area contributed by atoms with E-state index in [2.05, 4.69) is 40.1 Å². The highest BCUT2D eigenvalue weighted by molar-refractivity contribution is 9.10. The van der Waals surface area contributed by atoms with Crippen molar-refractivity contribution in [2.75, 3.05) is 5.32 Å². The highest BCUT2D eigenvalue weighted by atomic mass is 79.9. The molecule has 0 aliphatic heterocycles.